The number of allylic oxidation sites excluding steroid dienone is 28. The summed E-state index contributed by atoms with van der Waals surface area (Å²) in [5.41, 5.74) is 0. The molecule has 0 fully saturated rings. The molecule has 0 bridgehead atoms. The van der Waals surface area contributed by atoms with Gasteiger partial charge in [-0.1, -0.05) is 281 Å². The van der Waals surface area contributed by atoms with Crippen molar-refractivity contribution in [1.29, 1.82) is 0 Å². The number of carbonyl (C=O) groups excluding carboxylic acids is 3. The van der Waals surface area contributed by atoms with Gasteiger partial charge in [0.15, 0.2) is 6.10 Å². The van der Waals surface area contributed by atoms with E-state index in [-0.39, 0.29) is 37.5 Å². The quantitative estimate of drug-likeness (QED) is 0.0261. The normalized spacial score (nSPS) is 13.2. The molecule has 0 spiro atoms. The summed E-state index contributed by atoms with van der Waals surface area (Å²) in [7, 11) is 0. The predicted molar refractivity (Wildman–Crippen MR) is 361 cm³/mol. The van der Waals surface area contributed by atoms with Crippen LogP contribution in [0.1, 0.15) is 278 Å². The first-order valence-corrected chi connectivity index (χ1v) is 33.6. The zero-order chi connectivity index (χ0) is 59.9. The Hall–Kier alpha value is -5.23. The highest BCUT2D eigenvalue weighted by atomic mass is 16.6. The minimum atomic E-state index is -0.810. The van der Waals surface area contributed by atoms with Crippen LogP contribution in [0.3, 0.4) is 0 Å². The molecule has 0 N–H and O–H groups in total. The van der Waals surface area contributed by atoms with E-state index in [1.54, 1.807) is 0 Å². The van der Waals surface area contributed by atoms with E-state index in [1.807, 2.05) is 0 Å². The third-order valence-electron chi connectivity index (χ3n) is 13.7. The van der Waals surface area contributed by atoms with Crippen LogP contribution in [0.15, 0.2) is 170 Å². The van der Waals surface area contributed by atoms with E-state index in [4.69, 9.17) is 14.2 Å². The zero-order valence-corrected chi connectivity index (χ0v) is 53.4. The van der Waals surface area contributed by atoms with Crippen LogP contribution < -0.4 is 0 Å². The first-order valence-electron chi connectivity index (χ1n) is 33.6. The largest absolute Gasteiger partial charge is 0.462 e. The molecule has 0 saturated heterocycles. The maximum atomic E-state index is 12.9. The van der Waals surface area contributed by atoms with Gasteiger partial charge in [-0.15, -0.1) is 0 Å². The van der Waals surface area contributed by atoms with E-state index in [2.05, 4.69) is 191 Å². The van der Waals surface area contributed by atoms with Crippen LogP contribution in [0, 0.1) is 0 Å². The Morgan fingerprint density at radius 2 is 0.470 bits per heavy atom. The molecule has 0 radical (unpaired) electrons. The van der Waals surface area contributed by atoms with Gasteiger partial charge in [0.05, 0.1) is 0 Å². The maximum Gasteiger partial charge on any atom is 0.306 e. The van der Waals surface area contributed by atoms with Crippen LogP contribution in [0.4, 0.5) is 0 Å². The van der Waals surface area contributed by atoms with Crippen molar-refractivity contribution in [1.82, 2.24) is 0 Å². The number of esters is 3. The van der Waals surface area contributed by atoms with Crippen LogP contribution in [-0.2, 0) is 28.6 Å². The average Bonchev–Trinajstić information content (AvgIpc) is 3.49. The molecule has 0 saturated carbocycles. The van der Waals surface area contributed by atoms with Gasteiger partial charge in [-0.3, -0.25) is 14.4 Å². The molecule has 0 aromatic carbocycles. The van der Waals surface area contributed by atoms with Crippen LogP contribution in [0.2, 0.25) is 0 Å². The lowest BCUT2D eigenvalue weighted by molar-refractivity contribution is -0.167. The van der Waals surface area contributed by atoms with E-state index >= 15 is 0 Å². The smallest absolute Gasteiger partial charge is 0.306 e. The van der Waals surface area contributed by atoms with E-state index < -0.39 is 6.10 Å². The van der Waals surface area contributed by atoms with Crippen molar-refractivity contribution in [2.75, 3.05) is 13.2 Å². The summed E-state index contributed by atoms with van der Waals surface area (Å²) in [6.45, 7) is 6.31. The predicted octanol–water partition coefficient (Wildman–Crippen LogP) is 23.4. The highest BCUT2D eigenvalue weighted by Crippen LogP contribution is 2.15. The summed E-state index contributed by atoms with van der Waals surface area (Å²) in [6, 6.07) is 0. The highest BCUT2D eigenvalue weighted by molar-refractivity contribution is 5.71. The molecular formula is C77H122O6. The van der Waals surface area contributed by atoms with Crippen LogP contribution in [0.5, 0.6) is 0 Å². The van der Waals surface area contributed by atoms with Crippen molar-refractivity contribution in [2.24, 2.45) is 0 Å². The minimum Gasteiger partial charge on any atom is -0.462 e. The van der Waals surface area contributed by atoms with Crippen LogP contribution in [0.25, 0.3) is 0 Å². The van der Waals surface area contributed by atoms with Gasteiger partial charge in [-0.05, 0) is 148 Å². The van der Waals surface area contributed by atoms with Crippen molar-refractivity contribution in [3.05, 3.63) is 170 Å². The van der Waals surface area contributed by atoms with Gasteiger partial charge >= 0.3 is 17.9 Å². The van der Waals surface area contributed by atoms with Crippen molar-refractivity contribution < 1.29 is 28.6 Å². The minimum absolute atomic E-state index is 0.103. The first kappa shape index (κ1) is 77.8. The number of rotatable bonds is 59. The van der Waals surface area contributed by atoms with Gasteiger partial charge in [0.1, 0.15) is 13.2 Å². The second-order valence-corrected chi connectivity index (χ2v) is 21.6. The third kappa shape index (κ3) is 67.4. The van der Waals surface area contributed by atoms with Gasteiger partial charge in [0, 0.05) is 19.3 Å². The Morgan fingerprint density at radius 1 is 0.253 bits per heavy atom. The number of ether oxygens (including phenoxy) is 3. The molecule has 83 heavy (non-hydrogen) atoms. The molecule has 0 aliphatic carbocycles. The molecule has 6 heteroatoms. The Labute approximate surface area is 511 Å². The lowest BCUT2D eigenvalue weighted by Gasteiger charge is -2.18. The van der Waals surface area contributed by atoms with E-state index in [9.17, 15) is 14.4 Å². The molecule has 1 atom stereocenters. The topological polar surface area (TPSA) is 78.9 Å². The Kier molecular flexibility index (Phi) is 64.9. The fraction of sp³-hybridized carbons (Fsp3) is 0.597. The molecule has 0 heterocycles. The van der Waals surface area contributed by atoms with Crippen molar-refractivity contribution >= 4 is 17.9 Å². The Balaban J connectivity index is 4.40. The van der Waals surface area contributed by atoms with E-state index in [0.29, 0.717) is 12.8 Å². The summed E-state index contributed by atoms with van der Waals surface area (Å²) in [6.07, 6.45) is 102. The fourth-order valence-corrected chi connectivity index (χ4v) is 8.72. The third-order valence-corrected chi connectivity index (χ3v) is 13.7. The van der Waals surface area contributed by atoms with E-state index in [0.717, 1.165) is 186 Å². The molecule has 0 aliphatic heterocycles. The molecule has 6 nitrogen and oxygen atoms in total. The van der Waals surface area contributed by atoms with Gasteiger partial charge in [-0.25, -0.2) is 0 Å². The molecule has 0 aromatic rings. The molecule has 466 valence electrons. The van der Waals surface area contributed by atoms with Gasteiger partial charge in [0.2, 0.25) is 0 Å². The van der Waals surface area contributed by atoms with Crippen LogP contribution >= 0.6 is 0 Å². The van der Waals surface area contributed by atoms with Gasteiger partial charge in [0.25, 0.3) is 0 Å². The molecule has 0 rings (SSSR count). The summed E-state index contributed by atoms with van der Waals surface area (Å²) < 4.78 is 16.9. The fourth-order valence-electron chi connectivity index (χ4n) is 8.72. The SMILES string of the molecule is CC/C=C\C/C=C\C/C=C\C/C=C\C/C=C\C/C=C\CCCCCCCCCCCCC(=O)OCC(COC(=O)CCCCCCC/C=C\C/C=C\CCC)OC(=O)CCCCCC/C=C\C/C=C\C/C=C\C/C=C\C/C=C\C/C=C\CC. The lowest BCUT2D eigenvalue weighted by atomic mass is 10.1. The Morgan fingerprint density at radius 3 is 0.735 bits per heavy atom. The average molecular weight is 1140 g/mol. The number of carbonyl (C=O) groups is 3. The Bertz CT molecular complexity index is 1890. The summed E-state index contributed by atoms with van der Waals surface area (Å²) >= 11 is 0. The number of hydrogen-bond donors (Lipinski definition) is 0. The van der Waals surface area contributed by atoms with Crippen molar-refractivity contribution in [3.63, 3.8) is 0 Å². The van der Waals surface area contributed by atoms with E-state index in [1.165, 1.54) is 51.4 Å². The number of unbranched alkanes of at least 4 members (excludes halogenated alkanes) is 20. The van der Waals surface area contributed by atoms with Crippen LogP contribution in [-0.4, -0.2) is 37.2 Å². The second-order valence-electron chi connectivity index (χ2n) is 21.6. The molecule has 0 aromatic heterocycles. The highest BCUT2D eigenvalue weighted by Gasteiger charge is 2.19. The summed E-state index contributed by atoms with van der Waals surface area (Å²) in [5.74, 6) is -0.949. The molecular weight excluding hydrogens is 1020 g/mol. The van der Waals surface area contributed by atoms with Crippen molar-refractivity contribution in [2.45, 2.75) is 284 Å². The molecule has 0 aliphatic rings. The lowest BCUT2D eigenvalue weighted by Crippen LogP contribution is -2.30. The monoisotopic (exact) mass is 1140 g/mol. The second kappa shape index (κ2) is 69.3. The summed E-state index contributed by atoms with van der Waals surface area (Å²) in [4.78, 5) is 38.4. The zero-order valence-electron chi connectivity index (χ0n) is 53.4. The van der Waals surface area contributed by atoms with Gasteiger partial charge < -0.3 is 14.2 Å². The van der Waals surface area contributed by atoms with Crippen molar-refractivity contribution in [3.8, 4) is 0 Å². The van der Waals surface area contributed by atoms with Gasteiger partial charge in [-0.2, -0.15) is 0 Å². The summed E-state index contributed by atoms with van der Waals surface area (Å²) in [5, 5.41) is 0. The standard InChI is InChI=1S/C77H122O6/c1-4-7-10-13-16-19-22-25-27-29-31-33-35-36-37-38-39-40-42-43-45-47-49-52-55-58-61-64-67-70-76(79)82-73-74(72-81-75(78)69-66-63-60-57-54-51-24-21-18-15-12-9-6-3)83-77(80)71-68-65-62-59-56-53-50-48-46-44-41-34-32-30-28-26-23-20-17-14-11-8-5-2/h7-8,10-12,15-17,19-21,24-28,31-34,36-37,39-40,44,46,50,53,74H,4-6,9,13-14,18,22-23,29-30,35,38,41-43,45,47-49,51-52,54-73H2,1-3H3/b10-7-,11-8-,15-12-,19-16-,20-17-,24-21-,27-25-,28-26-,33-31-,34-32-,37-36-,40-39-,46-44-,53-50-. The molecule has 1 unspecified atom stereocenters. The maximum absolute atomic E-state index is 12.9. The number of hydrogen-bond acceptors (Lipinski definition) is 6. The first-order chi connectivity index (χ1) is 41.0. The molecule has 0 amide bonds.